The molecule has 3 N–H and O–H groups in total. The minimum absolute atomic E-state index is 0.147. The normalized spacial score (nSPS) is 10.8. The molecule has 1 amide bonds. The Morgan fingerprint density at radius 1 is 1.30 bits per heavy atom. The molecule has 0 aliphatic heterocycles. The minimum Gasteiger partial charge on any atom is -0.369 e. The summed E-state index contributed by atoms with van der Waals surface area (Å²) in [5.74, 6) is -0.698. The number of nitrogens with two attached hydrogens (primary N) is 1. The number of rotatable bonds is 3. The van der Waals surface area contributed by atoms with Gasteiger partial charge in [0.05, 0.1) is 6.42 Å². The minimum atomic E-state index is -0.401. The molecule has 0 spiro atoms. The van der Waals surface area contributed by atoms with Gasteiger partial charge in [-0.15, -0.1) is 0 Å². The molecule has 0 bridgehead atoms. The molecular weight excluding hydrogens is 257 g/mol. The van der Waals surface area contributed by atoms with Crippen LogP contribution >= 0.6 is 0 Å². The van der Waals surface area contributed by atoms with Crippen molar-refractivity contribution in [2.75, 3.05) is 0 Å². The van der Waals surface area contributed by atoms with Crippen molar-refractivity contribution in [2.45, 2.75) is 6.42 Å². The highest BCUT2D eigenvalue weighted by Crippen LogP contribution is 2.25. The van der Waals surface area contributed by atoms with Crippen LogP contribution in [0.15, 0.2) is 42.7 Å². The second-order valence-electron chi connectivity index (χ2n) is 4.59. The number of hydrogen-bond donors (Lipinski definition) is 2. The first kappa shape index (κ1) is 12.3. The van der Waals surface area contributed by atoms with Crippen LogP contribution in [-0.4, -0.2) is 15.9 Å². The van der Waals surface area contributed by atoms with Gasteiger partial charge >= 0.3 is 0 Å². The van der Waals surface area contributed by atoms with Crippen molar-refractivity contribution in [2.24, 2.45) is 5.73 Å². The van der Waals surface area contributed by atoms with E-state index in [1.807, 2.05) is 12.1 Å². The number of pyridine rings is 1. The molecule has 3 aromatic rings. The van der Waals surface area contributed by atoms with E-state index in [1.54, 1.807) is 18.5 Å². The Labute approximate surface area is 114 Å². The van der Waals surface area contributed by atoms with Crippen LogP contribution in [0.3, 0.4) is 0 Å². The molecular formula is C15H12FN3O. The van der Waals surface area contributed by atoms with Crippen molar-refractivity contribution < 1.29 is 9.18 Å². The van der Waals surface area contributed by atoms with Gasteiger partial charge in [-0.3, -0.25) is 4.79 Å². The molecule has 0 fully saturated rings. The Morgan fingerprint density at radius 2 is 2.15 bits per heavy atom. The predicted octanol–water partition coefficient (Wildman–Crippen LogP) is 2.40. The lowest BCUT2D eigenvalue weighted by Crippen LogP contribution is -2.13. The van der Waals surface area contributed by atoms with Gasteiger partial charge in [-0.25, -0.2) is 9.37 Å². The highest BCUT2D eigenvalue weighted by molar-refractivity contribution is 5.89. The molecule has 20 heavy (non-hydrogen) atoms. The lowest BCUT2D eigenvalue weighted by molar-refractivity contribution is -0.117. The summed E-state index contributed by atoms with van der Waals surface area (Å²) in [4.78, 5) is 18.3. The number of hydrogen-bond acceptors (Lipinski definition) is 2. The average Bonchev–Trinajstić information content (AvgIpc) is 2.80. The first-order valence-electron chi connectivity index (χ1n) is 6.14. The van der Waals surface area contributed by atoms with Crippen molar-refractivity contribution in [1.82, 2.24) is 9.97 Å². The number of amides is 1. The molecule has 0 aliphatic carbocycles. The van der Waals surface area contributed by atoms with Gasteiger partial charge in [0, 0.05) is 23.3 Å². The third kappa shape index (κ3) is 2.25. The maximum Gasteiger partial charge on any atom is 0.221 e. The SMILES string of the molecule is NC(=O)Cc1c[nH]c2ncc(-c3cccc(F)c3)cc12. The number of nitrogens with zero attached hydrogens (tertiary/aromatic N) is 1. The van der Waals surface area contributed by atoms with Crippen LogP contribution in [-0.2, 0) is 11.2 Å². The fourth-order valence-corrected chi connectivity index (χ4v) is 2.22. The first-order valence-corrected chi connectivity index (χ1v) is 6.14. The summed E-state index contributed by atoms with van der Waals surface area (Å²) in [6.45, 7) is 0. The molecule has 1 aromatic carbocycles. The van der Waals surface area contributed by atoms with E-state index < -0.39 is 5.91 Å². The third-order valence-corrected chi connectivity index (χ3v) is 3.14. The maximum atomic E-state index is 13.3. The number of aromatic amines is 1. The molecule has 2 heterocycles. The number of fused-ring (bicyclic) bond motifs is 1. The number of H-pyrrole nitrogens is 1. The number of halogens is 1. The van der Waals surface area contributed by atoms with Gasteiger partial charge in [0.1, 0.15) is 11.5 Å². The van der Waals surface area contributed by atoms with E-state index >= 15 is 0 Å². The second-order valence-corrected chi connectivity index (χ2v) is 4.59. The van der Waals surface area contributed by atoms with Gasteiger partial charge in [0.2, 0.25) is 5.91 Å². The largest absolute Gasteiger partial charge is 0.369 e. The fraction of sp³-hybridized carbons (Fsp3) is 0.0667. The third-order valence-electron chi connectivity index (χ3n) is 3.14. The fourth-order valence-electron chi connectivity index (χ4n) is 2.22. The summed E-state index contributed by atoms with van der Waals surface area (Å²) < 4.78 is 13.3. The van der Waals surface area contributed by atoms with Crippen LogP contribution < -0.4 is 5.73 Å². The molecule has 4 nitrogen and oxygen atoms in total. The Kier molecular flexibility index (Phi) is 2.95. The number of carbonyl (C=O) groups is 1. The van der Waals surface area contributed by atoms with Crippen LogP contribution in [0.25, 0.3) is 22.2 Å². The summed E-state index contributed by atoms with van der Waals surface area (Å²) in [6, 6.07) is 8.18. The van der Waals surface area contributed by atoms with Crippen LogP contribution in [0.5, 0.6) is 0 Å². The van der Waals surface area contributed by atoms with Gasteiger partial charge < -0.3 is 10.7 Å². The molecule has 0 aliphatic rings. The highest BCUT2D eigenvalue weighted by Gasteiger charge is 2.09. The molecule has 0 atom stereocenters. The van der Waals surface area contributed by atoms with Crippen molar-refractivity contribution in [3.8, 4) is 11.1 Å². The Balaban J connectivity index is 2.11. The maximum absolute atomic E-state index is 13.3. The standard InChI is InChI=1S/C15H12FN3O/c16-12-3-1-2-9(4-12)10-5-13-11(6-14(17)20)8-19-15(13)18-7-10/h1-5,7-8H,6H2,(H2,17,20)(H,18,19). The van der Waals surface area contributed by atoms with Crippen LogP contribution in [0, 0.1) is 5.82 Å². The first-order chi connectivity index (χ1) is 9.63. The molecule has 5 heteroatoms. The van der Waals surface area contributed by atoms with Crippen molar-refractivity contribution in [3.63, 3.8) is 0 Å². The summed E-state index contributed by atoms with van der Waals surface area (Å²) in [6.07, 6.45) is 3.54. The number of primary amides is 1. The zero-order valence-corrected chi connectivity index (χ0v) is 10.6. The van der Waals surface area contributed by atoms with Crippen LogP contribution in [0.4, 0.5) is 4.39 Å². The smallest absolute Gasteiger partial charge is 0.221 e. The van der Waals surface area contributed by atoms with Gasteiger partial charge in [0.15, 0.2) is 0 Å². The molecule has 0 radical (unpaired) electrons. The van der Waals surface area contributed by atoms with E-state index in [4.69, 9.17) is 5.73 Å². The molecule has 100 valence electrons. The Morgan fingerprint density at radius 3 is 2.90 bits per heavy atom. The monoisotopic (exact) mass is 269 g/mol. The van der Waals surface area contributed by atoms with E-state index in [1.165, 1.54) is 12.1 Å². The average molecular weight is 269 g/mol. The molecule has 0 saturated heterocycles. The summed E-state index contributed by atoms with van der Waals surface area (Å²) >= 11 is 0. The van der Waals surface area contributed by atoms with Gasteiger partial charge in [-0.05, 0) is 29.3 Å². The molecule has 3 rings (SSSR count). The van der Waals surface area contributed by atoms with E-state index in [0.717, 1.165) is 22.1 Å². The second kappa shape index (κ2) is 4.77. The zero-order valence-electron chi connectivity index (χ0n) is 10.6. The lowest BCUT2D eigenvalue weighted by atomic mass is 10.0. The molecule has 0 saturated carbocycles. The number of nitrogens with one attached hydrogen (secondary N) is 1. The van der Waals surface area contributed by atoms with E-state index in [0.29, 0.717) is 5.65 Å². The van der Waals surface area contributed by atoms with Crippen LogP contribution in [0.1, 0.15) is 5.56 Å². The number of aromatic nitrogens is 2. The lowest BCUT2D eigenvalue weighted by Gasteiger charge is -2.02. The van der Waals surface area contributed by atoms with Gasteiger partial charge in [-0.2, -0.15) is 0 Å². The van der Waals surface area contributed by atoms with Gasteiger partial charge in [0.25, 0.3) is 0 Å². The predicted molar refractivity (Wildman–Crippen MR) is 74.4 cm³/mol. The van der Waals surface area contributed by atoms with Crippen LogP contribution in [0.2, 0.25) is 0 Å². The quantitative estimate of drug-likeness (QED) is 0.766. The molecule has 0 unspecified atom stereocenters. The topological polar surface area (TPSA) is 71.8 Å². The Bertz CT molecular complexity index is 795. The summed E-state index contributed by atoms with van der Waals surface area (Å²) in [5.41, 5.74) is 8.23. The molecule has 2 aromatic heterocycles. The van der Waals surface area contributed by atoms with Crippen molar-refractivity contribution in [1.29, 1.82) is 0 Å². The zero-order chi connectivity index (χ0) is 14.1. The van der Waals surface area contributed by atoms with Crippen molar-refractivity contribution >= 4 is 16.9 Å². The van der Waals surface area contributed by atoms with E-state index in [9.17, 15) is 9.18 Å². The van der Waals surface area contributed by atoms with E-state index in [2.05, 4.69) is 9.97 Å². The highest BCUT2D eigenvalue weighted by atomic mass is 19.1. The van der Waals surface area contributed by atoms with Gasteiger partial charge in [-0.1, -0.05) is 12.1 Å². The van der Waals surface area contributed by atoms with E-state index in [-0.39, 0.29) is 12.2 Å². The Hall–Kier alpha value is -2.69. The summed E-state index contributed by atoms with van der Waals surface area (Å²) in [5, 5.41) is 0.825. The number of benzene rings is 1. The van der Waals surface area contributed by atoms with Crippen molar-refractivity contribution in [3.05, 3.63) is 54.1 Å². The number of carbonyl (C=O) groups excluding carboxylic acids is 1. The summed E-state index contributed by atoms with van der Waals surface area (Å²) in [7, 11) is 0.